The van der Waals surface area contributed by atoms with E-state index in [1.807, 2.05) is 30.3 Å². The molecule has 0 saturated heterocycles. The summed E-state index contributed by atoms with van der Waals surface area (Å²) in [6.45, 7) is 0. The molecule has 1 aromatic heterocycles. The van der Waals surface area contributed by atoms with Crippen molar-refractivity contribution in [1.82, 2.24) is 4.98 Å². The highest BCUT2D eigenvalue weighted by Gasteiger charge is 2.02. The Hall–Kier alpha value is -1.93. The maximum Gasteiger partial charge on any atom is 0.123 e. The largest absolute Gasteiger partial charge is 0.248 e. The number of nitrogens with zero attached hydrogens (tertiary/aromatic N) is 1. The van der Waals surface area contributed by atoms with Crippen LogP contribution in [0.3, 0.4) is 0 Å². The molecule has 0 saturated carbocycles. The van der Waals surface area contributed by atoms with Crippen molar-refractivity contribution in [3.63, 3.8) is 0 Å². The van der Waals surface area contributed by atoms with Crippen LogP contribution in [0.1, 0.15) is 0 Å². The van der Waals surface area contributed by atoms with E-state index in [0.717, 1.165) is 22.2 Å². The van der Waals surface area contributed by atoms with Crippen LogP contribution in [0.5, 0.6) is 0 Å². The third-order valence-corrected chi connectivity index (χ3v) is 3.03. The molecule has 0 N–H and O–H groups in total. The van der Waals surface area contributed by atoms with Crippen LogP contribution in [-0.4, -0.2) is 4.98 Å². The molecule has 18 heavy (non-hydrogen) atoms. The van der Waals surface area contributed by atoms with E-state index in [2.05, 4.69) is 4.98 Å². The molecule has 0 amide bonds. The van der Waals surface area contributed by atoms with Gasteiger partial charge in [-0.3, -0.25) is 0 Å². The van der Waals surface area contributed by atoms with Crippen molar-refractivity contribution in [2.45, 2.75) is 0 Å². The third-order valence-electron chi connectivity index (χ3n) is 2.79. The Bertz CT molecular complexity index is 707. The van der Waals surface area contributed by atoms with Gasteiger partial charge >= 0.3 is 0 Å². The van der Waals surface area contributed by atoms with Crippen molar-refractivity contribution >= 4 is 22.5 Å². The van der Waals surface area contributed by atoms with Gasteiger partial charge in [-0.1, -0.05) is 23.7 Å². The fourth-order valence-electron chi connectivity index (χ4n) is 1.87. The van der Waals surface area contributed by atoms with Crippen LogP contribution in [0, 0.1) is 5.82 Å². The average Bonchev–Trinajstić information content (AvgIpc) is 2.38. The fourth-order valence-corrected chi connectivity index (χ4v) is 2.04. The Morgan fingerprint density at radius 1 is 0.889 bits per heavy atom. The molecule has 88 valence electrons. The first kappa shape index (κ1) is 11.2. The molecule has 3 heteroatoms. The number of hydrogen-bond donors (Lipinski definition) is 0. The average molecular weight is 258 g/mol. The predicted molar refractivity (Wildman–Crippen MR) is 72.1 cm³/mol. The molecular formula is C15H9ClFN. The molecule has 0 fully saturated rings. The molecule has 1 nitrogen and oxygen atoms in total. The van der Waals surface area contributed by atoms with Crippen molar-refractivity contribution in [1.29, 1.82) is 0 Å². The van der Waals surface area contributed by atoms with E-state index in [4.69, 9.17) is 11.6 Å². The van der Waals surface area contributed by atoms with Crippen LogP contribution in [0.2, 0.25) is 5.02 Å². The molecule has 2 aromatic carbocycles. The first-order chi connectivity index (χ1) is 8.72. The van der Waals surface area contributed by atoms with Gasteiger partial charge in [-0.05, 0) is 42.5 Å². The summed E-state index contributed by atoms with van der Waals surface area (Å²) < 4.78 is 12.9. The zero-order valence-electron chi connectivity index (χ0n) is 9.40. The topological polar surface area (TPSA) is 12.9 Å². The van der Waals surface area contributed by atoms with Gasteiger partial charge in [0.1, 0.15) is 5.82 Å². The Labute approximate surface area is 109 Å². The van der Waals surface area contributed by atoms with Crippen LogP contribution in [-0.2, 0) is 0 Å². The zero-order valence-corrected chi connectivity index (χ0v) is 10.2. The van der Waals surface area contributed by atoms with Gasteiger partial charge in [-0.15, -0.1) is 0 Å². The minimum absolute atomic E-state index is 0.248. The molecular weight excluding hydrogens is 249 g/mol. The molecule has 1 heterocycles. The Kier molecular flexibility index (Phi) is 2.73. The number of benzene rings is 2. The van der Waals surface area contributed by atoms with E-state index < -0.39 is 0 Å². The highest BCUT2D eigenvalue weighted by molar-refractivity contribution is 6.31. The highest BCUT2D eigenvalue weighted by atomic mass is 35.5. The third kappa shape index (κ3) is 2.07. The summed E-state index contributed by atoms with van der Waals surface area (Å²) in [5, 5.41) is 1.69. The molecule has 0 radical (unpaired) electrons. The van der Waals surface area contributed by atoms with Crippen LogP contribution in [0.4, 0.5) is 4.39 Å². The summed E-state index contributed by atoms with van der Waals surface area (Å²) >= 11 is 5.95. The Balaban J connectivity index is 2.15. The van der Waals surface area contributed by atoms with E-state index in [0.29, 0.717) is 5.02 Å². The maximum atomic E-state index is 12.9. The lowest BCUT2D eigenvalue weighted by atomic mass is 10.1. The molecule has 3 rings (SSSR count). The quantitative estimate of drug-likeness (QED) is 0.616. The van der Waals surface area contributed by atoms with Gasteiger partial charge in [-0.25, -0.2) is 9.37 Å². The van der Waals surface area contributed by atoms with E-state index in [-0.39, 0.29) is 5.82 Å². The van der Waals surface area contributed by atoms with Gasteiger partial charge in [0.2, 0.25) is 0 Å². The smallest absolute Gasteiger partial charge is 0.123 e. The summed E-state index contributed by atoms with van der Waals surface area (Å²) in [7, 11) is 0. The number of aromatic nitrogens is 1. The molecule has 0 atom stereocenters. The molecule has 0 bridgehead atoms. The number of halogens is 2. The molecule has 0 aliphatic carbocycles. The zero-order chi connectivity index (χ0) is 12.5. The van der Waals surface area contributed by atoms with Gasteiger partial charge < -0.3 is 0 Å². The van der Waals surface area contributed by atoms with Gasteiger partial charge in [0.05, 0.1) is 11.2 Å². The predicted octanol–water partition coefficient (Wildman–Crippen LogP) is 4.69. The van der Waals surface area contributed by atoms with Gasteiger partial charge in [0.15, 0.2) is 0 Å². The minimum atomic E-state index is -0.248. The fraction of sp³-hybridized carbons (Fsp3) is 0. The van der Waals surface area contributed by atoms with Gasteiger partial charge in [0.25, 0.3) is 0 Å². The van der Waals surface area contributed by atoms with Crippen molar-refractivity contribution in [2.24, 2.45) is 0 Å². The molecule has 0 spiro atoms. The van der Waals surface area contributed by atoms with E-state index in [9.17, 15) is 4.39 Å². The number of hydrogen-bond acceptors (Lipinski definition) is 1. The molecule has 0 aliphatic heterocycles. The number of pyridine rings is 1. The monoisotopic (exact) mass is 257 g/mol. The van der Waals surface area contributed by atoms with Crippen LogP contribution in [0.25, 0.3) is 22.2 Å². The first-order valence-electron chi connectivity index (χ1n) is 5.55. The highest BCUT2D eigenvalue weighted by Crippen LogP contribution is 2.23. The summed E-state index contributed by atoms with van der Waals surface area (Å²) in [6.07, 6.45) is 0. The van der Waals surface area contributed by atoms with Gasteiger partial charge in [0, 0.05) is 16.0 Å². The Morgan fingerprint density at radius 2 is 1.61 bits per heavy atom. The van der Waals surface area contributed by atoms with Crippen molar-refractivity contribution in [3.8, 4) is 11.3 Å². The normalized spacial score (nSPS) is 10.8. The van der Waals surface area contributed by atoms with Crippen LogP contribution < -0.4 is 0 Å². The number of fused-ring (bicyclic) bond motifs is 1. The lowest BCUT2D eigenvalue weighted by Gasteiger charge is -2.03. The number of rotatable bonds is 1. The SMILES string of the molecule is Fc1ccc(-c2ccc3ccc(Cl)cc3n2)cc1. The standard InChI is InChI=1S/C15H9ClFN/c16-12-5-1-11-4-8-14(18-15(11)9-12)10-2-6-13(17)7-3-10/h1-9H. The van der Waals surface area contributed by atoms with Crippen molar-refractivity contribution in [3.05, 3.63) is 65.4 Å². The summed E-state index contributed by atoms with van der Waals surface area (Å²) in [5.41, 5.74) is 2.53. The van der Waals surface area contributed by atoms with Crippen molar-refractivity contribution < 1.29 is 4.39 Å². The first-order valence-corrected chi connectivity index (χ1v) is 5.92. The Morgan fingerprint density at radius 3 is 2.39 bits per heavy atom. The summed E-state index contributed by atoms with van der Waals surface area (Å²) in [6, 6.07) is 15.8. The second kappa shape index (κ2) is 4.39. The lowest BCUT2D eigenvalue weighted by molar-refractivity contribution is 0.628. The van der Waals surface area contributed by atoms with Gasteiger partial charge in [-0.2, -0.15) is 0 Å². The van der Waals surface area contributed by atoms with Crippen molar-refractivity contribution in [2.75, 3.05) is 0 Å². The minimum Gasteiger partial charge on any atom is -0.248 e. The maximum absolute atomic E-state index is 12.9. The summed E-state index contributed by atoms with van der Waals surface area (Å²) in [5.74, 6) is -0.248. The van der Waals surface area contributed by atoms with E-state index >= 15 is 0 Å². The molecule has 0 unspecified atom stereocenters. The second-order valence-electron chi connectivity index (χ2n) is 4.04. The van der Waals surface area contributed by atoms with Crippen LogP contribution in [0.15, 0.2) is 54.6 Å². The lowest BCUT2D eigenvalue weighted by Crippen LogP contribution is -1.85. The van der Waals surface area contributed by atoms with Crippen LogP contribution >= 0.6 is 11.6 Å². The molecule has 0 aliphatic rings. The summed E-state index contributed by atoms with van der Waals surface area (Å²) in [4.78, 5) is 4.53. The second-order valence-corrected chi connectivity index (χ2v) is 4.48. The van der Waals surface area contributed by atoms with E-state index in [1.165, 1.54) is 12.1 Å². The molecule has 3 aromatic rings. The van der Waals surface area contributed by atoms with E-state index in [1.54, 1.807) is 12.1 Å².